The second-order valence-electron chi connectivity index (χ2n) is 6.88. The molecule has 1 atom stereocenters. The summed E-state index contributed by atoms with van der Waals surface area (Å²) in [4.78, 5) is 25.2. The van der Waals surface area contributed by atoms with Crippen LogP contribution in [0.1, 0.15) is 24.5 Å². The van der Waals surface area contributed by atoms with Gasteiger partial charge in [-0.2, -0.15) is 0 Å². The smallest absolute Gasteiger partial charge is 0.236 e. The molecule has 1 aliphatic rings. The number of carbonyl (C=O) groups excluding carboxylic acids is 1. The number of likely N-dealkylation sites (N-methyl/N-ethyl adjacent to an activating group) is 1. The van der Waals surface area contributed by atoms with Crippen molar-refractivity contribution in [1.82, 2.24) is 19.8 Å². The third-order valence-corrected chi connectivity index (χ3v) is 4.82. The van der Waals surface area contributed by atoms with Crippen molar-refractivity contribution in [3.05, 3.63) is 42.4 Å². The van der Waals surface area contributed by atoms with E-state index in [1.54, 1.807) is 38.5 Å². The summed E-state index contributed by atoms with van der Waals surface area (Å²) in [5.74, 6) is 1.22. The number of piperidine rings is 1. The standard InChI is InChI=1S/C20H26N4O2/c1-23(2)18(25)14-24-11-5-7-16(13-24)20-19(21-9-10-22-20)15-6-4-8-17(12-15)26-3/h4,6,8-10,12,16H,5,7,11,13-14H2,1-3H3. The summed E-state index contributed by atoms with van der Waals surface area (Å²) < 4.78 is 5.35. The lowest BCUT2D eigenvalue weighted by molar-refractivity contribution is -0.130. The van der Waals surface area contributed by atoms with Gasteiger partial charge in [0.05, 0.1) is 25.0 Å². The number of carbonyl (C=O) groups is 1. The normalized spacial score (nSPS) is 17.7. The van der Waals surface area contributed by atoms with Crippen LogP contribution in [-0.4, -0.2) is 66.5 Å². The molecule has 1 aliphatic heterocycles. The first kappa shape index (κ1) is 18.3. The minimum absolute atomic E-state index is 0.137. The Kier molecular flexibility index (Phi) is 5.83. The van der Waals surface area contributed by atoms with Gasteiger partial charge in [0.2, 0.25) is 5.91 Å². The molecular weight excluding hydrogens is 328 g/mol. The lowest BCUT2D eigenvalue weighted by Crippen LogP contribution is -2.41. The predicted molar refractivity (Wildman–Crippen MR) is 101 cm³/mol. The fourth-order valence-corrected chi connectivity index (χ4v) is 3.40. The summed E-state index contributed by atoms with van der Waals surface area (Å²) in [5, 5.41) is 0. The van der Waals surface area contributed by atoms with Gasteiger partial charge in [0, 0.05) is 44.5 Å². The summed E-state index contributed by atoms with van der Waals surface area (Å²) in [6.45, 7) is 2.23. The topological polar surface area (TPSA) is 58.6 Å². The highest BCUT2D eigenvalue weighted by atomic mass is 16.5. The molecule has 3 rings (SSSR count). The molecule has 0 spiro atoms. The predicted octanol–water partition coefficient (Wildman–Crippen LogP) is 2.42. The Morgan fingerprint density at radius 1 is 1.31 bits per heavy atom. The number of benzene rings is 1. The van der Waals surface area contributed by atoms with E-state index < -0.39 is 0 Å². The van der Waals surface area contributed by atoms with Crippen LogP contribution in [0.2, 0.25) is 0 Å². The van der Waals surface area contributed by atoms with Gasteiger partial charge in [-0.25, -0.2) is 0 Å². The molecule has 0 saturated carbocycles. The fraction of sp³-hybridized carbons (Fsp3) is 0.450. The van der Waals surface area contributed by atoms with Crippen molar-refractivity contribution in [2.45, 2.75) is 18.8 Å². The molecule has 6 heteroatoms. The molecule has 0 bridgehead atoms. The van der Waals surface area contributed by atoms with E-state index in [-0.39, 0.29) is 11.8 Å². The van der Waals surface area contributed by atoms with Gasteiger partial charge in [0.25, 0.3) is 0 Å². The fourth-order valence-electron chi connectivity index (χ4n) is 3.40. The molecule has 2 heterocycles. The minimum atomic E-state index is 0.137. The van der Waals surface area contributed by atoms with Gasteiger partial charge in [0.1, 0.15) is 5.75 Å². The van der Waals surface area contributed by atoms with Crippen LogP contribution in [0.4, 0.5) is 0 Å². The van der Waals surface area contributed by atoms with Crippen LogP contribution in [0.25, 0.3) is 11.3 Å². The number of hydrogen-bond acceptors (Lipinski definition) is 5. The van der Waals surface area contributed by atoms with E-state index in [0.29, 0.717) is 6.54 Å². The number of methoxy groups -OCH3 is 1. The van der Waals surface area contributed by atoms with Crippen LogP contribution < -0.4 is 4.74 Å². The van der Waals surface area contributed by atoms with Crippen molar-refractivity contribution >= 4 is 5.91 Å². The van der Waals surface area contributed by atoms with Crippen molar-refractivity contribution in [3.63, 3.8) is 0 Å². The maximum absolute atomic E-state index is 12.1. The summed E-state index contributed by atoms with van der Waals surface area (Å²) in [7, 11) is 5.26. The number of likely N-dealkylation sites (tertiary alicyclic amines) is 1. The van der Waals surface area contributed by atoms with E-state index in [1.807, 2.05) is 24.3 Å². The van der Waals surface area contributed by atoms with Crippen LogP contribution in [0.15, 0.2) is 36.7 Å². The maximum Gasteiger partial charge on any atom is 0.236 e. The Labute approximate surface area is 154 Å². The van der Waals surface area contributed by atoms with Crippen molar-refractivity contribution in [3.8, 4) is 17.0 Å². The average molecular weight is 354 g/mol. The van der Waals surface area contributed by atoms with E-state index in [9.17, 15) is 4.79 Å². The van der Waals surface area contributed by atoms with Crippen LogP contribution in [0.3, 0.4) is 0 Å². The third-order valence-electron chi connectivity index (χ3n) is 4.82. The van der Waals surface area contributed by atoms with Crippen LogP contribution in [0.5, 0.6) is 5.75 Å². The average Bonchev–Trinajstić information content (AvgIpc) is 2.68. The molecule has 1 saturated heterocycles. The molecule has 26 heavy (non-hydrogen) atoms. The second kappa shape index (κ2) is 8.27. The van der Waals surface area contributed by atoms with Gasteiger partial charge in [-0.15, -0.1) is 0 Å². The SMILES string of the molecule is COc1cccc(-c2nccnc2C2CCCN(CC(=O)N(C)C)C2)c1. The van der Waals surface area contributed by atoms with Crippen LogP contribution in [0, 0.1) is 0 Å². The zero-order chi connectivity index (χ0) is 18.5. The van der Waals surface area contributed by atoms with E-state index in [1.165, 1.54) is 0 Å². The number of nitrogens with zero attached hydrogens (tertiary/aromatic N) is 4. The number of amides is 1. The van der Waals surface area contributed by atoms with Gasteiger partial charge < -0.3 is 9.64 Å². The molecule has 0 aliphatic carbocycles. The summed E-state index contributed by atoms with van der Waals surface area (Å²) in [6.07, 6.45) is 5.60. The first-order valence-electron chi connectivity index (χ1n) is 8.96. The molecule has 2 aromatic rings. The first-order chi connectivity index (χ1) is 12.6. The molecule has 1 aromatic carbocycles. The monoisotopic (exact) mass is 354 g/mol. The van der Waals surface area contributed by atoms with Crippen molar-refractivity contribution < 1.29 is 9.53 Å². The lowest BCUT2D eigenvalue weighted by Gasteiger charge is -2.33. The summed E-state index contributed by atoms with van der Waals surface area (Å²) in [6, 6.07) is 7.92. The van der Waals surface area contributed by atoms with Crippen molar-refractivity contribution in [2.75, 3.05) is 40.8 Å². The van der Waals surface area contributed by atoms with Gasteiger partial charge >= 0.3 is 0 Å². The largest absolute Gasteiger partial charge is 0.497 e. The van der Waals surface area contributed by atoms with Gasteiger partial charge in [0.15, 0.2) is 0 Å². The first-order valence-corrected chi connectivity index (χ1v) is 8.96. The molecule has 1 aromatic heterocycles. The van der Waals surface area contributed by atoms with E-state index in [2.05, 4.69) is 14.9 Å². The molecule has 6 nitrogen and oxygen atoms in total. The number of rotatable bonds is 5. The van der Waals surface area contributed by atoms with Gasteiger partial charge in [-0.05, 0) is 31.5 Å². The highest BCUT2D eigenvalue weighted by Crippen LogP contribution is 2.32. The van der Waals surface area contributed by atoms with Crippen LogP contribution >= 0.6 is 0 Å². The Bertz CT molecular complexity index is 763. The zero-order valence-corrected chi connectivity index (χ0v) is 15.7. The van der Waals surface area contributed by atoms with E-state index in [4.69, 9.17) is 4.74 Å². The van der Waals surface area contributed by atoms with Gasteiger partial charge in [-0.3, -0.25) is 19.7 Å². The number of aromatic nitrogens is 2. The molecule has 1 amide bonds. The molecule has 0 radical (unpaired) electrons. The number of hydrogen-bond donors (Lipinski definition) is 0. The van der Waals surface area contributed by atoms with Gasteiger partial charge in [-0.1, -0.05) is 12.1 Å². The van der Waals surface area contributed by atoms with Crippen molar-refractivity contribution in [1.29, 1.82) is 0 Å². The zero-order valence-electron chi connectivity index (χ0n) is 15.7. The Balaban J connectivity index is 1.84. The quantitative estimate of drug-likeness (QED) is 0.825. The van der Waals surface area contributed by atoms with Crippen molar-refractivity contribution in [2.24, 2.45) is 0 Å². The molecule has 1 fully saturated rings. The Morgan fingerprint density at radius 2 is 2.12 bits per heavy atom. The molecule has 1 unspecified atom stereocenters. The summed E-state index contributed by atoms with van der Waals surface area (Å²) in [5.41, 5.74) is 2.91. The highest BCUT2D eigenvalue weighted by Gasteiger charge is 2.26. The van der Waals surface area contributed by atoms with E-state index in [0.717, 1.165) is 48.6 Å². The lowest BCUT2D eigenvalue weighted by atomic mass is 9.91. The number of ether oxygens (including phenoxy) is 1. The second-order valence-corrected chi connectivity index (χ2v) is 6.88. The van der Waals surface area contributed by atoms with E-state index >= 15 is 0 Å². The molecule has 138 valence electrons. The van der Waals surface area contributed by atoms with Crippen LogP contribution in [-0.2, 0) is 4.79 Å². The molecular formula is C20H26N4O2. The minimum Gasteiger partial charge on any atom is -0.497 e. The highest BCUT2D eigenvalue weighted by molar-refractivity contribution is 5.77. The Morgan fingerprint density at radius 3 is 2.88 bits per heavy atom. The Hall–Kier alpha value is -2.47. The molecule has 0 N–H and O–H groups in total. The summed E-state index contributed by atoms with van der Waals surface area (Å²) >= 11 is 0. The maximum atomic E-state index is 12.1. The third kappa shape index (κ3) is 4.19.